The first-order valence-corrected chi connectivity index (χ1v) is 19.0. The van der Waals surface area contributed by atoms with E-state index >= 15 is 0 Å². The van der Waals surface area contributed by atoms with Crippen molar-refractivity contribution in [3.63, 3.8) is 0 Å². The van der Waals surface area contributed by atoms with Gasteiger partial charge in [0.25, 0.3) is 11.8 Å². The zero-order chi connectivity index (χ0) is 35.3. The molecular weight excluding hydrogens is 638 g/mol. The van der Waals surface area contributed by atoms with E-state index < -0.39 is 58.2 Å². The van der Waals surface area contributed by atoms with Gasteiger partial charge in [0.2, 0.25) is 15.9 Å². The van der Waals surface area contributed by atoms with Crippen molar-refractivity contribution in [1.29, 1.82) is 0 Å². The number of hydrogen-bond acceptors (Lipinski definition) is 8. The molecule has 0 radical (unpaired) electrons. The molecule has 2 atom stereocenters. The molecule has 1 saturated heterocycles. The number of urea groups is 1. The first-order valence-electron chi connectivity index (χ1n) is 17.4. The number of hydrogen-bond donors (Lipinski definition) is 3. The van der Waals surface area contributed by atoms with Gasteiger partial charge in [-0.25, -0.2) is 18.1 Å². The predicted molar refractivity (Wildman–Crippen MR) is 184 cm³/mol. The average Bonchev–Trinajstić information content (AvgIpc) is 3.22. The summed E-state index contributed by atoms with van der Waals surface area (Å²) in [5.41, 5.74) is 5.50. The topological polar surface area (TPSA) is 185 Å². The molecule has 2 unspecified atom stereocenters. The number of sulfonamides is 1. The molecule has 268 valence electrons. The second-order valence-electron chi connectivity index (χ2n) is 13.0. The van der Waals surface area contributed by atoms with Crippen LogP contribution in [-0.4, -0.2) is 78.2 Å². The molecule has 0 aromatic heterocycles. The van der Waals surface area contributed by atoms with Gasteiger partial charge in [0.05, 0.1) is 23.2 Å². The van der Waals surface area contributed by atoms with Gasteiger partial charge in [0, 0.05) is 0 Å². The van der Waals surface area contributed by atoms with Gasteiger partial charge in [0.1, 0.15) is 18.3 Å². The van der Waals surface area contributed by atoms with Gasteiger partial charge in [-0.3, -0.25) is 23.9 Å². The van der Waals surface area contributed by atoms with Crippen LogP contribution in [0.25, 0.3) is 0 Å². The van der Waals surface area contributed by atoms with Crippen LogP contribution in [0.15, 0.2) is 18.2 Å². The summed E-state index contributed by atoms with van der Waals surface area (Å²) in [5, 5.41) is 2.61. The molecule has 1 aromatic rings. The predicted octanol–water partition coefficient (Wildman–Crippen LogP) is 5.09. The number of ether oxygens (including phenoxy) is 1. The molecule has 0 spiro atoms. The third kappa shape index (κ3) is 11.5. The highest BCUT2D eigenvalue weighted by atomic mass is 32.2. The van der Waals surface area contributed by atoms with Crippen LogP contribution >= 0.6 is 0 Å². The molecule has 2 aliphatic rings. The Morgan fingerprint density at radius 2 is 1.56 bits per heavy atom. The number of Topliss-reactive ketones (excluding diaryl/α,β-unsaturated/α-hetero) is 1. The van der Waals surface area contributed by atoms with Crippen molar-refractivity contribution in [3.05, 3.63) is 18.2 Å². The fourth-order valence-corrected chi connectivity index (χ4v) is 7.37. The number of carbonyl (C=O) groups is 5. The number of nitrogens with two attached hydrogens (primary N) is 1. The van der Waals surface area contributed by atoms with Crippen LogP contribution in [0, 0.1) is 0 Å². The van der Waals surface area contributed by atoms with Crippen molar-refractivity contribution in [3.8, 4) is 5.75 Å². The molecule has 3 rings (SSSR count). The lowest BCUT2D eigenvalue weighted by atomic mass is 9.98. The van der Waals surface area contributed by atoms with Crippen molar-refractivity contribution in [2.75, 3.05) is 22.3 Å². The van der Waals surface area contributed by atoms with Crippen molar-refractivity contribution in [1.82, 2.24) is 9.80 Å². The maximum absolute atomic E-state index is 13.6. The van der Waals surface area contributed by atoms with Crippen LogP contribution in [0.2, 0.25) is 0 Å². The molecule has 1 aliphatic carbocycles. The average molecular weight is 692 g/mol. The molecule has 48 heavy (non-hydrogen) atoms. The smallest absolute Gasteiger partial charge is 0.329 e. The van der Waals surface area contributed by atoms with Crippen molar-refractivity contribution < 1.29 is 37.1 Å². The summed E-state index contributed by atoms with van der Waals surface area (Å²) < 4.78 is 34.7. The third-order valence-corrected chi connectivity index (χ3v) is 10.2. The summed E-state index contributed by atoms with van der Waals surface area (Å²) in [7, 11) is -3.71. The fraction of sp³-hybridized carbons (Fsp3) is 0.676. The summed E-state index contributed by atoms with van der Waals surface area (Å²) >= 11 is 0. The van der Waals surface area contributed by atoms with Gasteiger partial charge in [-0.15, -0.1) is 0 Å². The van der Waals surface area contributed by atoms with Gasteiger partial charge in [-0.2, -0.15) is 0 Å². The van der Waals surface area contributed by atoms with E-state index in [0.717, 1.165) is 69.6 Å². The summed E-state index contributed by atoms with van der Waals surface area (Å²) in [6, 6.07) is 0.549. The van der Waals surface area contributed by atoms with Crippen LogP contribution < -0.4 is 20.5 Å². The molecule has 4 N–H and O–H groups in total. The van der Waals surface area contributed by atoms with E-state index in [1.165, 1.54) is 45.1 Å². The van der Waals surface area contributed by atoms with Gasteiger partial charge < -0.3 is 20.7 Å². The maximum atomic E-state index is 13.6. The Morgan fingerprint density at radius 3 is 2.15 bits per heavy atom. The largest absolute Gasteiger partial charge is 0.488 e. The van der Waals surface area contributed by atoms with E-state index in [9.17, 15) is 32.4 Å². The number of unbranched alkanes of at least 4 members (excludes halogenated alkanes) is 9. The van der Waals surface area contributed by atoms with Gasteiger partial charge in [-0.05, 0) is 64.2 Å². The minimum Gasteiger partial charge on any atom is -0.488 e. The molecule has 1 saturated carbocycles. The molecule has 13 nitrogen and oxygen atoms in total. The second kappa shape index (κ2) is 18.8. The monoisotopic (exact) mass is 691 g/mol. The van der Waals surface area contributed by atoms with Gasteiger partial charge in [-0.1, -0.05) is 71.1 Å². The Hall–Kier alpha value is -3.68. The van der Waals surface area contributed by atoms with E-state index in [0.29, 0.717) is 11.3 Å². The second-order valence-corrected chi connectivity index (χ2v) is 14.8. The number of nitrogens with one attached hydrogen (secondary N) is 2. The number of carbonyl (C=O) groups excluding carboxylic acids is 5. The quantitative estimate of drug-likeness (QED) is 0.0903. The normalized spacial score (nSPS) is 17.8. The first-order chi connectivity index (χ1) is 22.8. The Morgan fingerprint density at radius 1 is 0.958 bits per heavy atom. The summed E-state index contributed by atoms with van der Waals surface area (Å²) in [4.78, 5) is 65.5. The molecule has 0 bridgehead atoms. The van der Waals surface area contributed by atoms with E-state index in [1.807, 2.05) is 0 Å². The lowest BCUT2D eigenvalue weighted by Crippen LogP contribution is -2.52. The molecule has 5 amide bonds. The number of benzene rings is 1. The number of nitrogens with zero attached hydrogens (tertiary/aromatic N) is 2. The van der Waals surface area contributed by atoms with Gasteiger partial charge in [0.15, 0.2) is 11.8 Å². The van der Waals surface area contributed by atoms with Crippen LogP contribution in [0.1, 0.15) is 117 Å². The Balaban J connectivity index is 1.72. The molecule has 1 aliphatic heterocycles. The third-order valence-electron chi connectivity index (χ3n) is 8.86. The number of imide groups is 1. The fourth-order valence-electron chi connectivity index (χ4n) is 6.19. The highest BCUT2D eigenvalue weighted by molar-refractivity contribution is 7.92. The minimum atomic E-state index is -3.71. The van der Waals surface area contributed by atoms with Crippen LogP contribution in [0.4, 0.5) is 16.2 Å². The Kier molecular flexibility index (Phi) is 15.1. The first kappa shape index (κ1) is 38.8. The van der Waals surface area contributed by atoms with Gasteiger partial charge >= 0.3 is 6.03 Å². The van der Waals surface area contributed by atoms with Crippen LogP contribution in [-0.2, 0) is 29.2 Å². The van der Waals surface area contributed by atoms with E-state index in [-0.39, 0.29) is 29.0 Å². The maximum Gasteiger partial charge on any atom is 0.329 e. The standard InChI is InChI=1S/C34H53N5O8S/c1-4-5-6-7-8-9-10-11-12-16-21-48(45,46)37-26-19-20-29(47-27-17-14-13-15-18-27)28(22-26)36-32(42)31(25(3)40)39-33(43)24(2)38(34(39)44)23-30(35)41/h19-20,22,24,27,31,37H,4-18,21,23H2,1-3H3,(H2,35,41)(H,36,42). The molecule has 14 heteroatoms. The minimum absolute atomic E-state index is 0.0584. The Labute approximate surface area is 284 Å². The lowest BCUT2D eigenvalue weighted by Gasteiger charge is -2.26. The number of anilines is 2. The highest BCUT2D eigenvalue weighted by Gasteiger charge is 2.50. The molecule has 2 fully saturated rings. The zero-order valence-corrected chi connectivity index (χ0v) is 29.4. The molecular formula is C34H53N5O8S. The molecule has 1 heterocycles. The van der Waals surface area contributed by atoms with Crippen molar-refractivity contribution in [2.24, 2.45) is 5.73 Å². The zero-order valence-electron chi connectivity index (χ0n) is 28.6. The number of ketones is 1. The van der Waals surface area contributed by atoms with Crippen molar-refractivity contribution in [2.45, 2.75) is 135 Å². The summed E-state index contributed by atoms with van der Waals surface area (Å²) in [5.74, 6) is -3.26. The number of rotatable bonds is 21. The number of amides is 5. The number of primary amides is 1. The Bertz CT molecular complexity index is 1400. The lowest BCUT2D eigenvalue weighted by molar-refractivity contribution is -0.139. The highest BCUT2D eigenvalue weighted by Crippen LogP contribution is 2.33. The molecule has 1 aromatic carbocycles. The van der Waals surface area contributed by atoms with E-state index in [4.69, 9.17) is 10.5 Å². The van der Waals surface area contributed by atoms with Crippen LogP contribution in [0.5, 0.6) is 5.75 Å². The SMILES string of the molecule is CCCCCCCCCCCCS(=O)(=O)Nc1ccc(OC2CCCCC2)c(NC(=O)C(C(C)=O)N2C(=O)C(C)N(CC(N)=O)C2=O)c1. The van der Waals surface area contributed by atoms with E-state index in [2.05, 4.69) is 17.0 Å². The van der Waals surface area contributed by atoms with E-state index in [1.54, 1.807) is 12.1 Å². The summed E-state index contributed by atoms with van der Waals surface area (Å²) in [6.45, 7) is 4.08. The summed E-state index contributed by atoms with van der Waals surface area (Å²) in [6.07, 6.45) is 15.3. The van der Waals surface area contributed by atoms with Crippen molar-refractivity contribution >= 4 is 50.9 Å². The van der Waals surface area contributed by atoms with Crippen LogP contribution in [0.3, 0.4) is 0 Å².